The SMILES string of the molecule is CCCc1cc2c(cc1C1=S(C)C=C(c3ccccc3)C=C1)-c1ccccc1C2(CC)CC. The van der Waals surface area contributed by atoms with E-state index in [2.05, 4.69) is 111 Å². The Kier molecular flexibility index (Phi) is 6.01. The van der Waals surface area contributed by atoms with E-state index < -0.39 is 0 Å². The van der Waals surface area contributed by atoms with Gasteiger partial charge >= 0.3 is 0 Å². The van der Waals surface area contributed by atoms with Crippen LogP contribution in [0, 0.1) is 0 Å². The van der Waals surface area contributed by atoms with Crippen LogP contribution in [0.25, 0.3) is 16.7 Å². The molecule has 0 radical (unpaired) electrons. The molecule has 0 fully saturated rings. The van der Waals surface area contributed by atoms with E-state index in [1.165, 1.54) is 50.2 Å². The maximum Gasteiger partial charge on any atom is 0.0210 e. The normalized spacial score (nSPS) is 18.1. The molecule has 3 aromatic rings. The Balaban J connectivity index is 1.70. The minimum atomic E-state index is 0.0674. The Bertz CT molecular complexity index is 1280. The van der Waals surface area contributed by atoms with E-state index in [-0.39, 0.29) is 15.9 Å². The van der Waals surface area contributed by atoms with Crippen molar-refractivity contribution in [2.24, 2.45) is 0 Å². The van der Waals surface area contributed by atoms with Gasteiger partial charge in [0.1, 0.15) is 0 Å². The first-order chi connectivity index (χ1) is 16.1. The molecule has 3 aromatic carbocycles. The fraction of sp³-hybridized carbons (Fsp3) is 0.281. The summed E-state index contributed by atoms with van der Waals surface area (Å²) in [5.41, 5.74) is 11.7. The molecule has 1 heteroatoms. The third kappa shape index (κ3) is 3.58. The molecule has 33 heavy (non-hydrogen) atoms. The molecule has 0 aromatic heterocycles. The Morgan fingerprint density at radius 3 is 2.15 bits per heavy atom. The van der Waals surface area contributed by atoms with Crippen molar-refractivity contribution in [3.8, 4) is 11.1 Å². The van der Waals surface area contributed by atoms with E-state index in [9.17, 15) is 0 Å². The monoisotopic (exact) mass is 450 g/mol. The molecule has 0 saturated carbocycles. The van der Waals surface area contributed by atoms with Crippen molar-refractivity contribution >= 4 is 20.9 Å². The standard InChI is InChI=1S/C32H34S/c1-5-13-24-20-30-28(26-16-11-12-17-29(26)32(30,6-2)7-3)21-27(24)31-19-18-25(22-33(31)4)23-14-9-8-10-15-23/h8-12,14-22H,5-7,13H2,1-4H3. The van der Waals surface area contributed by atoms with Gasteiger partial charge < -0.3 is 0 Å². The fourth-order valence-electron chi connectivity index (χ4n) is 5.89. The Hall–Kier alpha value is -2.64. The lowest BCUT2D eigenvalue weighted by molar-refractivity contribution is 0.490. The van der Waals surface area contributed by atoms with Crippen molar-refractivity contribution in [2.45, 2.75) is 51.9 Å². The van der Waals surface area contributed by atoms with Gasteiger partial charge in [-0.2, -0.15) is 10.5 Å². The van der Waals surface area contributed by atoms with E-state index in [1.54, 1.807) is 5.56 Å². The van der Waals surface area contributed by atoms with Gasteiger partial charge in [0.2, 0.25) is 0 Å². The number of hydrogen-bond donors (Lipinski definition) is 0. The fourth-order valence-corrected chi connectivity index (χ4v) is 7.43. The average molecular weight is 451 g/mol. The number of allylic oxidation sites excluding steroid dienone is 3. The summed E-state index contributed by atoms with van der Waals surface area (Å²) in [5, 5.41) is 2.46. The third-order valence-electron chi connectivity index (χ3n) is 7.66. The van der Waals surface area contributed by atoms with Crippen LogP contribution in [0.3, 0.4) is 0 Å². The Morgan fingerprint density at radius 1 is 0.727 bits per heavy atom. The molecule has 1 aliphatic carbocycles. The van der Waals surface area contributed by atoms with E-state index in [0.717, 1.165) is 19.3 Å². The second-order valence-electron chi connectivity index (χ2n) is 9.33. The van der Waals surface area contributed by atoms with Crippen molar-refractivity contribution in [3.05, 3.63) is 112 Å². The van der Waals surface area contributed by atoms with Gasteiger partial charge in [-0.3, -0.25) is 0 Å². The maximum atomic E-state index is 2.58. The number of rotatable bonds is 6. The molecule has 1 aliphatic heterocycles. The lowest BCUT2D eigenvalue weighted by Crippen LogP contribution is -2.23. The molecular formula is C32H34S. The second kappa shape index (κ2) is 8.95. The summed E-state index contributed by atoms with van der Waals surface area (Å²) < 4.78 is 0. The van der Waals surface area contributed by atoms with Gasteiger partial charge in [0, 0.05) is 10.3 Å². The Morgan fingerprint density at radius 2 is 1.45 bits per heavy atom. The molecule has 5 rings (SSSR count). The number of hydrogen-bond acceptors (Lipinski definition) is 0. The summed E-state index contributed by atoms with van der Waals surface area (Å²) in [6.07, 6.45) is 11.7. The molecular weight excluding hydrogens is 416 g/mol. The summed E-state index contributed by atoms with van der Waals surface area (Å²) in [4.78, 5) is 1.48. The molecule has 0 saturated heterocycles. The summed E-state index contributed by atoms with van der Waals surface area (Å²) in [6, 6.07) is 25.0. The van der Waals surface area contributed by atoms with Crippen molar-refractivity contribution in [1.29, 1.82) is 0 Å². The molecule has 2 aliphatic rings. The summed E-state index contributed by atoms with van der Waals surface area (Å²) in [5.74, 6) is 0. The summed E-state index contributed by atoms with van der Waals surface area (Å²) in [7, 11) is 0.0674. The van der Waals surface area contributed by atoms with Crippen LogP contribution in [0.1, 0.15) is 67.9 Å². The van der Waals surface area contributed by atoms with E-state index in [4.69, 9.17) is 0 Å². The lowest BCUT2D eigenvalue weighted by atomic mass is 9.73. The predicted molar refractivity (Wildman–Crippen MR) is 148 cm³/mol. The quantitative estimate of drug-likeness (QED) is 0.329. The minimum absolute atomic E-state index is 0.0674. The highest BCUT2D eigenvalue weighted by atomic mass is 32.2. The van der Waals surface area contributed by atoms with E-state index >= 15 is 0 Å². The highest BCUT2D eigenvalue weighted by Gasteiger charge is 2.40. The van der Waals surface area contributed by atoms with Crippen LogP contribution in [-0.2, 0) is 11.8 Å². The lowest BCUT2D eigenvalue weighted by Gasteiger charge is -2.30. The van der Waals surface area contributed by atoms with Gasteiger partial charge in [-0.1, -0.05) is 93.9 Å². The minimum Gasteiger partial charge on any atom is -0.157 e. The van der Waals surface area contributed by atoms with Crippen LogP contribution in [0.2, 0.25) is 0 Å². The Labute approximate surface area is 202 Å². The first-order valence-electron chi connectivity index (χ1n) is 12.4. The molecule has 0 amide bonds. The van der Waals surface area contributed by atoms with E-state index in [1.807, 2.05) is 0 Å². The van der Waals surface area contributed by atoms with Crippen molar-refractivity contribution < 1.29 is 0 Å². The zero-order chi connectivity index (χ0) is 23.0. The first kappa shape index (κ1) is 22.2. The zero-order valence-corrected chi connectivity index (χ0v) is 21.1. The summed E-state index contributed by atoms with van der Waals surface area (Å²) >= 11 is 0. The molecule has 1 atom stereocenters. The highest BCUT2D eigenvalue weighted by Crippen LogP contribution is 2.53. The molecule has 168 valence electrons. The average Bonchev–Trinajstić information content (AvgIpc) is 3.13. The van der Waals surface area contributed by atoms with Crippen LogP contribution in [0.4, 0.5) is 0 Å². The maximum absolute atomic E-state index is 2.58. The van der Waals surface area contributed by atoms with Crippen molar-refractivity contribution in [3.63, 3.8) is 0 Å². The van der Waals surface area contributed by atoms with Gasteiger partial charge in [0.05, 0.1) is 0 Å². The van der Waals surface area contributed by atoms with Gasteiger partial charge in [-0.15, -0.1) is 0 Å². The first-order valence-corrected chi connectivity index (χ1v) is 14.1. The van der Waals surface area contributed by atoms with Crippen LogP contribution in [0.5, 0.6) is 0 Å². The van der Waals surface area contributed by atoms with Crippen LogP contribution in [0.15, 0.2) is 84.3 Å². The van der Waals surface area contributed by atoms with Gasteiger partial charge in [-0.25, -0.2) is 0 Å². The third-order valence-corrected chi connectivity index (χ3v) is 9.31. The molecule has 0 spiro atoms. The van der Waals surface area contributed by atoms with Crippen LogP contribution < -0.4 is 0 Å². The highest BCUT2D eigenvalue weighted by molar-refractivity contribution is 8.18. The molecule has 0 bridgehead atoms. The number of benzene rings is 3. The van der Waals surface area contributed by atoms with Crippen LogP contribution >= 0.6 is 10.5 Å². The molecule has 0 nitrogen and oxygen atoms in total. The van der Waals surface area contributed by atoms with Crippen molar-refractivity contribution in [2.75, 3.05) is 6.26 Å². The molecule has 1 heterocycles. The summed E-state index contributed by atoms with van der Waals surface area (Å²) in [6.45, 7) is 7.03. The molecule has 0 N–H and O–H groups in total. The number of aryl methyl sites for hydroxylation is 1. The van der Waals surface area contributed by atoms with Gasteiger partial charge in [0.25, 0.3) is 0 Å². The zero-order valence-electron chi connectivity index (χ0n) is 20.3. The van der Waals surface area contributed by atoms with Crippen LogP contribution in [-0.4, -0.2) is 11.1 Å². The van der Waals surface area contributed by atoms with Gasteiger partial charge in [0.15, 0.2) is 0 Å². The topological polar surface area (TPSA) is 0 Å². The largest absolute Gasteiger partial charge is 0.157 e. The van der Waals surface area contributed by atoms with E-state index in [0.29, 0.717) is 0 Å². The number of fused-ring (bicyclic) bond motifs is 3. The predicted octanol–water partition coefficient (Wildman–Crippen LogP) is 8.76. The molecule has 1 unspecified atom stereocenters. The van der Waals surface area contributed by atoms with Gasteiger partial charge in [-0.05, 0) is 87.6 Å². The smallest absolute Gasteiger partial charge is 0.0210 e. The second-order valence-corrected chi connectivity index (χ2v) is 11.1. The van der Waals surface area contributed by atoms with Crippen molar-refractivity contribution in [1.82, 2.24) is 0 Å².